The average molecular weight is 302 g/mol. The molecule has 0 radical (unpaired) electrons. The molecule has 0 bridgehead atoms. The smallest absolute Gasteiger partial charge is 0.0721 e. The van der Waals surface area contributed by atoms with Crippen molar-refractivity contribution in [2.75, 3.05) is 26.8 Å². The zero-order valence-electron chi connectivity index (χ0n) is 10.4. The van der Waals surface area contributed by atoms with Crippen LogP contribution in [0.25, 0.3) is 0 Å². The highest BCUT2D eigenvalue weighted by Crippen LogP contribution is 2.11. The van der Waals surface area contributed by atoms with E-state index >= 15 is 0 Å². The van der Waals surface area contributed by atoms with Crippen molar-refractivity contribution in [2.24, 2.45) is 0 Å². The molecule has 17 heavy (non-hydrogen) atoms. The van der Waals surface area contributed by atoms with Gasteiger partial charge in [0.15, 0.2) is 0 Å². The molecule has 96 valence electrons. The first-order valence-corrected chi connectivity index (χ1v) is 6.57. The van der Waals surface area contributed by atoms with Crippen molar-refractivity contribution in [3.05, 3.63) is 34.3 Å². The Hall–Kier alpha value is -0.420. The lowest BCUT2D eigenvalue weighted by atomic mass is 10.2. The summed E-state index contributed by atoms with van der Waals surface area (Å²) >= 11 is 3.41. The minimum Gasteiger partial charge on any atom is -0.383 e. The summed E-state index contributed by atoms with van der Waals surface area (Å²) in [6.07, 6.45) is 0.204. The number of ether oxygens (including phenoxy) is 2. The van der Waals surface area contributed by atoms with Crippen LogP contribution in [0.3, 0.4) is 0 Å². The molecule has 1 aromatic carbocycles. The van der Waals surface area contributed by atoms with Crippen molar-refractivity contribution in [3.8, 4) is 0 Å². The average Bonchev–Trinajstić information content (AvgIpc) is 2.34. The fraction of sp³-hybridized carbons (Fsp3) is 0.538. The van der Waals surface area contributed by atoms with Crippen LogP contribution in [0.2, 0.25) is 0 Å². The van der Waals surface area contributed by atoms with Crippen molar-refractivity contribution in [1.82, 2.24) is 5.32 Å². The first-order chi connectivity index (χ1) is 8.22. The molecule has 0 aliphatic carbocycles. The van der Waals surface area contributed by atoms with Crippen molar-refractivity contribution in [3.63, 3.8) is 0 Å². The van der Waals surface area contributed by atoms with E-state index in [1.165, 1.54) is 5.56 Å². The number of rotatable bonds is 8. The first kappa shape index (κ1) is 14.6. The van der Waals surface area contributed by atoms with Crippen LogP contribution < -0.4 is 5.32 Å². The van der Waals surface area contributed by atoms with Crippen molar-refractivity contribution < 1.29 is 9.47 Å². The van der Waals surface area contributed by atoms with E-state index in [0.717, 1.165) is 24.2 Å². The summed E-state index contributed by atoms with van der Waals surface area (Å²) in [6, 6.07) is 8.19. The van der Waals surface area contributed by atoms with Crippen molar-refractivity contribution in [1.29, 1.82) is 0 Å². The molecule has 1 atom stereocenters. The lowest BCUT2D eigenvalue weighted by molar-refractivity contribution is 0.0520. The van der Waals surface area contributed by atoms with E-state index in [1.54, 1.807) is 7.11 Å². The third-order valence-corrected chi connectivity index (χ3v) is 2.89. The van der Waals surface area contributed by atoms with Crippen LogP contribution >= 0.6 is 15.9 Å². The molecule has 1 rings (SSSR count). The Kier molecular flexibility index (Phi) is 7.44. The van der Waals surface area contributed by atoms with E-state index < -0.39 is 0 Å². The van der Waals surface area contributed by atoms with Gasteiger partial charge >= 0.3 is 0 Å². The lowest BCUT2D eigenvalue weighted by Gasteiger charge is -2.14. The van der Waals surface area contributed by atoms with Gasteiger partial charge in [0.2, 0.25) is 0 Å². The molecule has 0 aliphatic heterocycles. The summed E-state index contributed by atoms with van der Waals surface area (Å²) in [6.45, 7) is 5.17. The predicted octanol–water partition coefficient (Wildman–Crippen LogP) is 2.59. The van der Waals surface area contributed by atoms with Crippen LogP contribution in [-0.2, 0) is 16.1 Å². The Morgan fingerprint density at radius 1 is 1.29 bits per heavy atom. The molecule has 0 fully saturated rings. The molecule has 0 aromatic heterocycles. The minimum atomic E-state index is 0.204. The van der Waals surface area contributed by atoms with Crippen LogP contribution in [0.4, 0.5) is 0 Å². The third-order valence-electron chi connectivity index (χ3n) is 2.36. The van der Waals surface area contributed by atoms with Gasteiger partial charge in [0.1, 0.15) is 0 Å². The quantitative estimate of drug-likeness (QED) is 0.749. The standard InChI is InChI=1S/C13H20BrNO2/c1-11(9-15-7-8-16-2)17-10-12-3-5-13(14)6-4-12/h3-6,11,15H,7-10H2,1-2H3. The van der Waals surface area contributed by atoms with Gasteiger partial charge in [-0.05, 0) is 24.6 Å². The second kappa shape index (κ2) is 8.64. The van der Waals surface area contributed by atoms with E-state index in [9.17, 15) is 0 Å². The number of nitrogens with one attached hydrogen (secondary N) is 1. The van der Waals surface area contributed by atoms with E-state index in [4.69, 9.17) is 9.47 Å². The number of hydrogen-bond donors (Lipinski definition) is 1. The fourth-order valence-corrected chi connectivity index (χ4v) is 1.62. The highest BCUT2D eigenvalue weighted by molar-refractivity contribution is 9.10. The lowest BCUT2D eigenvalue weighted by Crippen LogP contribution is -2.29. The molecule has 1 aromatic rings. The first-order valence-electron chi connectivity index (χ1n) is 5.78. The Morgan fingerprint density at radius 2 is 2.00 bits per heavy atom. The van der Waals surface area contributed by atoms with Crippen molar-refractivity contribution >= 4 is 15.9 Å². The molecule has 1 unspecified atom stereocenters. The zero-order chi connectivity index (χ0) is 12.5. The number of methoxy groups -OCH3 is 1. The Bertz CT molecular complexity index is 303. The largest absolute Gasteiger partial charge is 0.383 e. The second-order valence-electron chi connectivity index (χ2n) is 3.95. The van der Waals surface area contributed by atoms with Crippen molar-refractivity contribution in [2.45, 2.75) is 19.6 Å². The summed E-state index contributed by atoms with van der Waals surface area (Å²) in [5.41, 5.74) is 1.19. The molecule has 0 saturated heterocycles. The molecule has 1 N–H and O–H groups in total. The Morgan fingerprint density at radius 3 is 2.65 bits per heavy atom. The molecule has 0 amide bonds. The SMILES string of the molecule is COCCNCC(C)OCc1ccc(Br)cc1. The third kappa shape index (κ3) is 6.78. The summed E-state index contributed by atoms with van der Waals surface area (Å²) in [7, 11) is 1.70. The van der Waals surface area contributed by atoms with Gasteiger partial charge in [-0.15, -0.1) is 0 Å². The highest BCUT2D eigenvalue weighted by Gasteiger charge is 2.02. The number of halogens is 1. The molecule has 0 spiro atoms. The van der Waals surface area contributed by atoms with E-state index in [1.807, 2.05) is 12.1 Å². The molecule has 3 nitrogen and oxygen atoms in total. The van der Waals surface area contributed by atoms with Gasteiger partial charge in [0, 0.05) is 24.7 Å². The van der Waals surface area contributed by atoms with Crippen LogP contribution in [0.1, 0.15) is 12.5 Å². The topological polar surface area (TPSA) is 30.5 Å². The maximum Gasteiger partial charge on any atom is 0.0721 e. The van der Waals surface area contributed by atoms with Gasteiger partial charge in [-0.3, -0.25) is 0 Å². The normalized spacial score (nSPS) is 12.6. The fourth-order valence-electron chi connectivity index (χ4n) is 1.36. The van der Waals surface area contributed by atoms with Crippen LogP contribution in [0, 0.1) is 0 Å². The van der Waals surface area contributed by atoms with Crippen LogP contribution in [0.5, 0.6) is 0 Å². The Balaban J connectivity index is 2.14. The van der Waals surface area contributed by atoms with E-state index in [2.05, 4.69) is 40.3 Å². The molecule has 0 heterocycles. The Labute approximate surface area is 112 Å². The maximum atomic E-state index is 5.73. The molecule has 4 heteroatoms. The minimum absolute atomic E-state index is 0.204. The van der Waals surface area contributed by atoms with Gasteiger partial charge in [-0.2, -0.15) is 0 Å². The number of benzene rings is 1. The second-order valence-corrected chi connectivity index (χ2v) is 4.86. The number of hydrogen-bond acceptors (Lipinski definition) is 3. The predicted molar refractivity (Wildman–Crippen MR) is 73.1 cm³/mol. The van der Waals surface area contributed by atoms with Gasteiger partial charge in [-0.1, -0.05) is 28.1 Å². The zero-order valence-corrected chi connectivity index (χ0v) is 12.0. The summed E-state index contributed by atoms with van der Waals surface area (Å²) in [4.78, 5) is 0. The molecule has 0 aliphatic rings. The van der Waals surface area contributed by atoms with Crippen LogP contribution in [0.15, 0.2) is 28.7 Å². The summed E-state index contributed by atoms with van der Waals surface area (Å²) < 4.78 is 11.8. The molecular formula is C13H20BrNO2. The molecule has 0 saturated carbocycles. The van der Waals surface area contributed by atoms with Gasteiger partial charge in [0.25, 0.3) is 0 Å². The van der Waals surface area contributed by atoms with Gasteiger partial charge < -0.3 is 14.8 Å². The summed E-state index contributed by atoms with van der Waals surface area (Å²) in [5.74, 6) is 0. The highest BCUT2D eigenvalue weighted by atomic mass is 79.9. The van der Waals surface area contributed by atoms with Crippen LogP contribution in [-0.4, -0.2) is 32.9 Å². The monoisotopic (exact) mass is 301 g/mol. The van der Waals surface area contributed by atoms with E-state index in [0.29, 0.717) is 6.61 Å². The van der Waals surface area contributed by atoms with Gasteiger partial charge in [-0.25, -0.2) is 0 Å². The van der Waals surface area contributed by atoms with Gasteiger partial charge in [0.05, 0.1) is 19.3 Å². The maximum absolute atomic E-state index is 5.73. The summed E-state index contributed by atoms with van der Waals surface area (Å²) in [5, 5.41) is 3.27. The van der Waals surface area contributed by atoms with E-state index in [-0.39, 0.29) is 6.10 Å². The molecular weight excluding hydrogens is 282 g/mol.